The highest BCUT2D eigenvalue weighted by atomic mass is 32.1. The SMILES string of the molecule is COc1ccc(-c2nc(N(c3ccccc3)c3ccccc3)sc2C(=O)c2ccccc2)cc1. The number of nitrogens with zero attached hydrogens (tertiary/aromatic N) is 2. The first-order valence-corrected chi connectivity index (χ1v) is 11.7. The lowest BCUT2D eigenvalue weighted by Gasteiger charge is -2.22. The summed E-state index contributed by atoms with van der Waals surface area (Å²) in [5.74, 6) is 0.710. The number of thiazole rings is 1. The summed E-state index contributed by atoms with van der Waals surface area (Å²) < 4.78 is 5.32. The van der Waals surface area contributed by atoms with E-state index in [1.807, 2.05) is 115 Å². The number of benzene rings is 4. The van der Waals surface area contributed by atoms with E-state index in [0.717, 1.165) is 27.8 Å². The Balaban J connectivity index is 1.69. The molecule has 1 heterocycles. The number of rotatable bonds is 7. The number of carbonyl (C=O) groups is 1. The highest BCUT2D eigenvalue weighted by molar-refractivity contribution is 7.18. The minimum atomic E-state index is -0.0451. The maximum absolute atomic E-state index is 13.6. The topological polar surface area (TPSA) is 42.4 Å². The molecule has 4 aromatic carbocycles. The Kier molecular flexibility index (Phi) is 6.19. The van der Waals surface area contributed by atoms with Crippen molar-refractivity contribution in [2.24, 2.45) is 0 Å². The van der Waals surface area contributed by atoms with Crippen LogP contribution in [-0.4, -0.2) is 17.9 Å². The summed E-state index contributed by atoms with van der Waals surface area (Å²) in [4.78, 5) is 21.3. The molecular formula is C29H22N2O2S. The smallest absolute Gasteiger partial charge is 0.205 e. The van der Waals surface area contributed by atoms with E-state index in [-0.39, 0.29) is 5.78 Å². The van der Waals surface area contributed by atoms with E-state index < -0.39 is 0 Å². The van der Waals surface area contributed by atoms with Crippen LogP contribution in [-0.2, 0) is 0 Å². The van der Waals surface area contributed by atoms with Gasteiger partial charge in [0.25, 0.3) is 0 Å². The van der Waals surface area contributed by atoms with Gasteiger partial charge in [-0.25, -0.2) is 4.98 Å². The zero-order valence-electron chi connectivity index (χ0n) is 18.6. The van der Waals surface area contributed by atoms with Gasteiger partial charge in [-0.15, -0.1) is 0 Å². The van der Waals surface area contributed by atoms with E-state index in [1.54, 1.807) is 7.11 Å². The third-order valence-corrected chi connectivity index (χ3v) is 6.48. The van der Waals surface area contributed by atoms with E-state index in [4.69, 9.17) is 9.72 Å². The first kappa shape index (κ1) is 21.6. The highest BCUT2D eigenvalue weighted by Crippen LogP contribution is 2.41. The first-order chi connectivity index (χ1) is 16.7. The van der Waals surface area contributed by atoms with Gasteiger partial charge >= 0.3 is 0 Å². The van der Waals surface area contributed by atoms with E-state index in [2.05, 4.69) is 4.90 Å². The van der Waals surface area contributed by atoms with Crippen molar-refractivity contribution >= 4 is 33.6 Å². The van der Waals surface area contributed by atoms with E-state index >= 15 is 0 Å². The minimum Gasteiger partial charge on any atom is -0.497 e. The third kappa shape index (κ3) is 4.34. The fraction of sp³-hybridized carbons (Fsp3) is 0.0345. The van der Waals surface area contributed by atoms with Gasteiger partial charge in [-0.1, -0.05) is 78.1 Å². The van der Waals surface area contributed by atoms with Gasteiger partial charge in [0.15, 0.2) is 5.13 Å². The quantitative estimate of drug-likeness (QED) is 0.235. The van der Waals surface area contributed by atoms with Crippen LogP contribution in [0.2, 0.25) is 0 Å². The third-order valence-electron chi connectivity index (χ3n) is 5.44. The molecule has 0 bridgehead atoms. The van der Waals surface area contributed by atoms with Gasteiger partial charge < -0.3 is 4.74 Å². The number of para-hydroxylation sites is 2. The van der Waals surface area contributed by atoms with Crippen LogP contribution in [0.15, 0.2) is 115 Å². The second kappa shape index (κ2) is 9.73. The number of ether oxygens (including phenoxy) is 1. The number of anilines is 3. The van der Waals surface area contributed by atoms with Crippen LogP contribution in [0.4, 0.5) is 16.5 Å². The molecule has 0 spiro atoms. The fourth-order valence-corrected chi connectivity index (χ4v) is 4.84. The van der Waals surface area contributed by atoms with E-state index in [0.29, 0.717) is 16.1 Å². The average molecular weight is 463 g/mol. The fourth-order valence-electron chi connectivity index (χ4n) is 3.75. The van der Waals surface area contributed by atoms with Crippen LogP contribution in [0.25, 0.3) is 11.3 Å². The number of methoxy groups -OCH3 is 1. The van der Waals surface area contributed by atoms with Crippen molar-refractivity contribution in [2.75, 3.05) is 12.0 Å². The lowest BCUT2D eigenvalue weighted by molar-refractivity contribution is 0.104. The molecule has 0 unspecified atom stereocenters. The summed E-state index contributed by atoms with van der Waals surface area (Å²) in [5, 5.41) is 0.725. The van der Waals surface area contributed by atoms with E-state index in [1.165, 1.54) is 11.3 Å². The molecular weight excluding hydrogens is 440 g/mol. The van der Waals surface area contributed by atoms with Gasteiger partial charge in [-0.2, -0.15) is 0 Å². The van der Waals surface area contributed by atoms with Gasteiger partial charge in [-0.3, -0.25) is 9.69 Å². The van der Waals surface area contributed by atoms with Crippen molar-refractivity contribution in [1.82, 2.24) is 4.98 Å². The van der Waals surface area contributed by atoms with Gasteiger partial charge in [0.1, 0.15) is 10.6 Å². The Labute approximate surface area is 202 Å². The van der Waals surface area contributed by atoms with Gasteiger partial charge in [0.05, 0.1) is 12.8 Å². The molecule has 0 saturated heterocycles. The molecule has 34 heavy (non-hydrogen) atoms. The second-order valence-electron chi connectivity index (χ2n) is 7.60. The molecule has 0 N–H and O–H groups in total. The average Bonchev–Trinajstić information content (AvgIpc) is 3.35. The Morgan fingerprint density at radius 1 is 0.735 bits per heavy atom. The summed E-state index contributed by atoms with van der Waals surface area (Å²) >= 11 is 1.40. The maximum Gasteiger partial charge on any atom is 0.205 e. The predicted octanol–water partition coefficient (Wildman–Crippen LogP) is 7.52. The van der Waals surface area contributed by atoms with Crippen LogP contribution in [0.1, 0.15) is 15.2 Å². The predicted molar refractivity (Wildman–Crippen MR) is 139 cm³/mol. The van der Waals surface area contributed by atoms with Crippen molar-refractivity contribution in [3.05, 3.63) is 126 Å². The van der Waals surface area contributed by atoms with Gasteiger partial charge in [0, 0.05) is 22.5 Å². The molecule has 4 nitrogen and oxygen atoms in total. The maximum atomic E-state index is 13.6. The molecule has 0 fully saturated rings. The normalized spacial score (nSPS) is 10.6. The zero-order chi connectivity index (χ0) is 23.3. The van der Waals surface area contributed by atoms with Gasteiger partial charge in [0.2, 0.25) is 5.78 Å². The minimum absolute atomic E-state index is 0.0451. The van der Waals surface area contributed by atoms with Crippen LogP contribution in [0.3, 0.4) is 0 Å². The standard InChI is InChI=1S/C29H22N2O2S/c1-33-25-19-17-21(18-20-25)26-28(27(32)22-11-5-2-6-12-22)34-29(30-26)31(23-13-7-3-8-14-23)24-15-9-4-10-16-24/h2-20H,1H3. The summed E-state index contributed by atoms with van der Waals surface area (Å²) in [7, 11) is 1.64. The number of aromatic nitrogens is 1. The molecule has 5 rings (SSSR count). The zero-order valence-corrected chi connectivity index (χ0v) is 19.4. The summed E-state index contributed by atoms with van der Waals surface area (Å²) in [5.41, 5.74) is 4.11. The summed E-state index contributed by atoms with van der Waals surface area (Å²) in [6.07, 6.45) is 0. The molecule has 0 radical (unpaired) electrons. The van der Waals surface area contributed by atoms with Crippen molar-refractivity contribution in [3.8, 4) is 17.0 Å². The number of hydrogen-bond donors (Lipinski definition) is 0. The van der Waals surface area contributed by atoms with Crippen molar-refractivity contribution in [3.63, 3.8) is 0 Å². The number of ketones is 1. The molecule has 1 aromatic heterocycles. The summed E-state index contributed by atoms with van der Waals surface area (Å²) in [6.45, 7) is 0. The first-order valence-electron chi connectivity index (χ1n) is 10.9. The molecule has 5 heteroatoms. The lowest BCUT2D eigenvalue weighted by atomic mass is 10.1. The molecule has 0 amide bonds. The molecule has 0 aliphatic carbocycles. The van der Waals surface area contributed by atoms with Crippen molar-refractivity contribution < 1.29 is 9.53 Å². The molecule has 5 aromatic rings. The molecule has 0 saturated carbocycles. The lowest BCUT2D eigenvalue weighted by Crippen LogP contribution is -2.09. The monoisotopic (exact) mass is 462 g/mol. The molecule has 0 aliphatic rings. The number of carbonyl (C=O) groups excluding carboxylic acids is 1. The number of hydrogen-bond acceptors (Lipinski definition) is 5. The Morgan fingerprint density at radius 2 is 1.26 bits per heavy atom. The highest BCUT2D eigenvalue weighted by Gasteiger charge is 2.25. The van der Waals surface area contributed by atoms with Crippen LogP contribution in [0, 0.1) is 0 Å². The van der Waals surface area contributed by atoms with Crippen molar-refractivity contribution in [2.45, 2.75) is 0 Å². The molecule has 0 atom stereocenters. The van der Waals surface area contributed by atoms with Crippen LogP contribution >= 0.6 is 11.3 Å². The summed E-state index contributed by atoms with van der Waals surface area (Å²) in [6, 6.07) is 37.1. The largest absolute Gasteiger partial charge is 0.497 e. The Morgan fingerprint density at radius 3 is 1.79 bits per heavy atom. The van der Waals surface area contributed by atoms with E-state index in [9.17, 15) is 4.79 Å². The van der Waals surface area contributed by atoms with Crippen molar-refractivity contribution in [1.29, 1.82) is 0 Å². The Bertz CT molecular complexity index is 1340. The second-order valence-corrected chi connectivity index (χ2v) is 8.58. The molecule has 166 valence electrons. The Hall–Kier alpha value is -4.22. The van der Waals surface area contributed by atoms with Crippen LogP contribution in [0.5, 0.6) is 5.75 Å². The molecule has 0 aliphatic heterocycles. The van der Waals surface area contributed by atoms with Crippen LogP contribution < -0.4 is 9.64 Å². The van der Waals surface area contributed by atoms with Gasteiger partial charge in [-0.05, 0) is 48.5 Å².